The lowest BCUT2D eigenvalue weighted by Crippen LogP contribution is -2.35. The van der Waals surface area contributed by atoms with Crippen LogP contribution in [-0.4, -0.2) is 81.9 Å². The second-order valence-electron chi connectivity index (χ2n) is 4.32. The van der Waals surface area contributed by atoms with Gasteiger partial charge in [0, 0.05) is 14.2 Å². The van der Waals surface area contributed by atoms with E-state index < -0.39 is 12.2 Å². The lowest BCUT2D eigenvalue weighted by molar-refractivity contribution is -0.108. The summed E-state index contributed by atoms with van der Waals surface area (Å²) in [5.41, 5.74) is 0. The van der Waals surface area contributed by atoms with Gasteiger partial charge in [0.15, 0.2) is 0 Å². The van der Waals surface area contributed by atoms with Gasteiger partial charge in [0.2, 0.25) is 0 Å². The van der Waals surface area contributed by atoms with Crippen LogP contribution < -0.4 is 0 Å². The fourth-order valence-corrected chi connectivity index (χ4v) is 1.75. The average Bonchev–Trinajstić information content (AvgIpc) is 2.44. The zero-order valence-electron chi connectivity index (χ0n) is 12.2. The van der Waals surface area contributed by atoms with Gasteiger partial charge in [-0.3, -0.25) is 0 Å². The number of hydrogen-bond donors (Lipinski definition) is 2. The molecule has 0 rings (SSSR count). The first-order valence-corrected chi connectivity index (χ1v) is 7.24. The van der Waals surface area contributed by atoms with Crippen molar-refractivity contribution in [2.75, 3.05) is 47.3 Å². The molecule has 0 aliphatic rings. The molecule has 0 bridgehead atoms. The highest BCUT2D eigenvalue weighted by atomic mass is 127. The fraction of sp³-hybridized carbons (Fsp3) is 1.00. The molecule has 0 saturated heterocycles. The van der Waals surface area contributed by atoms with Crippen LogP contribution in [0.25, 0.3) is 0 Å². The van der Waals surface area contributed by atoms with Gasteiger partial charge in [0.25, 0.3) is 0 Å². The summed E-state index contributed by atoms with van der Waals surface area (Å²) in [6, 6.07) is 0. The van der Waals surface area contributed by atoms with Crippen LogP contribution in [0.4, 0.5) is 0 Å². The van der Waals surface area contributed by atoms with E-state index in [4.69, 9.17) is 27.1 Å². The summed E-state index contributed by atoms with van der Waals surface area (Å²) < 4.78 is 26.2. The van der Waals surface area contributed by atoms with E-state index in [0.717, 1.165) is 0 Å². The molecule has 0 aliphatic heterocycles. The minimum atomic E-state index is -0.739. The monoisotopic (exact) mass is 408 g/mol. The zero-order valence-corrected chi connectivity index (χ0v) is 14.3. The van der Waals surface area contributed by atoms with Gasteiger partial charge >= 0.3 is 0 Å². The number of aliphatic hydroxyl groups is 2. The molecule has 122 valence electrons. The first-order valence-electron chi connectivity index (χ1n) is 6.36. The van der Waals surface area contributed by atoms with Gasteiger partial charge in [0.05, 0.1) is 39.1 Å². The van der Waals surface area contributed by atoms with Crippen molar-refractivity contribution in [3.8, 4) is 0 Å². The summed E-state index contributed by atoms with van der Waals surface area (Å²) >= 11 is 1.80. The lowest BCUT2D eigenvalue weighted by Gasteiger charge is -2.22. The normalized spacial score (nSPS) is 17.7. The number of halogens is 1. The second-order valence-corrected chi connectivity index (χ2v) is 4.95. The molecular formula is C12H25IO7. The summed E-state index contributed by atoms with van der Waals surface area (Å²) in [6.45, 7) is 2.71. The largest absolute Gasteiger partial charge is 0.394 e. The second kappa shape index (κ2) is 13.1. The smallest absolute Gasteiger partial charge is 0.109 e. The Morgan fingerprint density at radius 2 is 1.55 bits per heavy atom. The van der Waals surface area contributed by atoms with Crippen molar-refractivity contribution in [3.63, 3.8) is 0 Å². The first kappa shape index (κ1) is 20.5. The maximum absolute atomic E-state index is 9.35. The number of methoxy groups -OCH3 is 2. The van der Waals surface area contributed by atoms with E-state index in [9.17, 15) is 5.11 Å². The third-order valence-corrected chi connectivity index (χ3v) is 3.10. The van der Waals surface area contributed by atoms with Crippen LogP contribution in [0.2, 0.25) is 0 Å². The van der Waals surface area contributed by atoms with E-state index in [-0.39, 0.29) is 25.4 Å². The Hall–Kier alpha value is 0.450. The number of ether oxygens (including phenoxy) is 4. The topological polar surface area (TPSA) is 86.6 Å². The maximum atomic E-state index is 9.35. The maximum Gasteiger partial charge on any atom is 0.109 e. The molecule has 4 atom stereocenters. The molecule has 0 aromatic carbocycles. The Balaban J connectivity index is 3.91. The standard InChI is InChI=1S/C12H25IO7/c1-9(15)12(4-14)19-7-10(16-2)5-18-6-11(17-3)8-20-13/h9-12,14-15H,4-8H2,1-3H3. The van der Waals surface area contributed by atoms with Crippen LogP contribution >= 0.6 is 23.0 Å². The molecule has 0 saturated carbocycles. The van der Waals surface area contributed by atoms with Crippen molar-refractivity contribution >= 4 is 23.0 Å². The van der Waals surface area contributed by atoms with Gasteiger partial charge in [0.1, 0.15) is 41.3 Å². The Bertz CT molecular complexity index is 218. The molecule has 20 heavy (non-hydrogen) atoms. The van der Waals surface area contributed by atoms with E-state index in [1.165, 1.54) is 0 Å². The molecule has 0 fully saturated rings. The predicted molar refractivity (Wildman–Crippen MR) is 80.9 cm³/mol. The third-order valence-electron chi connectivity index (χ3n) is 2.74. The molecule has 2 N–H and O–H groups in total. The fourth-order valence-electron chi connectivity index (χ4n) is 1.35. The Morgan fingerprint density at radius 1 is 1.00 bits per heavy atom. The third kappa shape index (κ3) is 9.40. The van der Waals surface area contributed by atoms with Crippen LogP contribution in [0.3, 0.4) is 0 Å². The van der Waals surface area contributed by atoms with E-state index in [2.05, 4.69) is 0 Å². The number of aliphatic hydroxyl groups excluding tert-OH is 2. The average molecular weight is 408 g/mol. The Labute approximate surface area is 134 Å². The van der Waals surface area contributed by atoms with Crippen molar-refractivity contribution in [1.82, 2.24) is 0 Å². The van der Waals surface area contributed by atoms with E-state index in [1.54, 1.807) is 44.1 Å². The molecule has 0 heterocycles. The van der Waals surface area contributed by atoms with E-state index in [0.29, 0.717) is 19.8 Å². The van der Waals surface area contributed by atoms with Crippen LogP contribution in [0.15, 0.2) is 0 Å². The van der Waals surface area contributed by atoms with Crippen LogP contribution in [-0.2, 0) is 22.0 Å². The Morgan fingerprint density at radius 3 is 1.95 bits per heavy atom. The molecular weight excluding hydrogens is 383 g/mol. The van der Waals surface area contributed by atoms with Crippen molar-refractivity contribution in [3.05, 3.63) is 0 Å². The van der Waals surface area contributed by atoms with Gasteiger partial charge < -0.3 is 32.2 Å². The van der Waals surface area contributed by atoms with Crippen molar-refractivity contribution in [2.45, 2.75) is 31.3 Å². The van der Waals surface area contributed by atoms with Gasteiger partial charge in [-0.2, -0.15) is 0 Å². The molecule has 0 amide bonds. The van der Waals surface area contributed by atoms with Gasteiger partial charge in [-0.15, -0.1) is 0 Å². The van der Waals surface area contributed by atoms with Gasteiger partial charge in [-0.05, 0) is 6.92 Å². The molecule has 0 spiro atoms. The van der Waals surface area contributed by atoms with Crippen LogP contribution in [0.1, 0.15) is 6.92 Å². The summed E-state index contributed by atoms with van der Waals surface area (Å²) in [6.07, 6.45) is -1.77. The summed E-state index contributed by atoms with van der Waals surface area (Å²) in [5.74, 6) is 0. The van der Waals surface area contributed by atoms with E-state index >= 15 is 0 Å². The highest BCUT2D eigenvalue weighted by molar-refractivity contribution is 14.1. The molecule has 0 aromatic rings. The van der Waals surface area contributed by atoms with Gasteiger partial charge in [-0.25, -0.2) is 0 Å². The summed E-state index contributed by atoms with van der Waals surface area (Å²) in [4.78, 5) is 0. The molecule has 7 nitrogen and oxygen atoms in total. The molecule has 0 aliphatic carbocycles. The summed E-state index contributed by atoms with van der Waals surface area (Å²) in [5, 5.41) is 18.4. The minimum Gasteiger partial charge on any atom is -0.394 e. The van der Waals surface area contributed by atoms with Crippen molar-refractivity contribution < 1.29 is 32.2 Å². The number of rotatable bonds is 13. The summed E-state index contributed by atoms with van der Waals surface area (Å²) in [7, 11) is 3.14. The molecule has 4 unspecified atom stereocenters. The lowest BCUT2D eigenvalue weighted by atomic mass is 10.2. The molecule has 0 radical (unpaired) electrons. The van der Waals surface area contributed by atoms with Gasteiger partial charge in [-0.1, -0.05) is 0 Å². The highest BCUT2D eigenvalue weighted by Crippen LogP contribution is 2.03. The SMILES string of the molecule is COC(COI)COCC(COC(CO)C(C)O)OC. The number of hydrogen-bond acceptors (Lipinski definition) is 7. The zero-order chi connectivity index (χ0) is 15.4. The first-order chi connectivity index (χ1) is 9.58. The highest BCUT2D eigenvalue weighted by Gasteiger charge is 2.18. The quantitative estimate of drug-likeness (QED) is 0.420. The van der Waals surface area contributed by atoms with Crippen LogP contribution in [0, 0.1) is 0 Å². The van der Waals surface area contributed by atoms with Crippen molar-refractivity contribution in [2.24, 2.45) is 0 Å². The minimum absolute atomic E-state index is 0.132. The predicted octanol–water partition coefficient (Wildman–Crippen LogP) is 0.158. The Kier molecular flexibility index (Phi) is 13.4. The van der Waals surface area contributed by atoms with Crippen LogP contribution in [0.5, 0.6) is 0 Å². The molecule has 0 aromatic heterocycles. The van der Waals surface area contributed by atoms with E-state index in [1.807, 2.05) is 0 Å². The van der Waals surface area contributed by atoms with Crippen molar-refractivity contribution in [1.29, 1.82) is 0 Å². The molecule has 8 heteroatoms.